The zero-order valence-corrected chi connectivity index (χ0v) is 16.5. The van der Waals surface area contributed by atoms with E-state index < -0.39 is 0 Å². The van der Waals surface area contributed by atoms with E-state index in [1.165, 1.54) is 0 Å². The number of nitrogens with zero attached hydrogens (tertiary/aromatic N) is 4. The van der Waals surface area contributed by atoms with E-state index in [4.69, 9.17) is 4.74 Å². The van der Waals surface area contributed by atoms with Crippen LogP contribution in [-0.4, -0.2) is 52.6 Å². The van der Waals surface area contributed by atoms with Crippen LogP contribution in [0.3, 0.4) is 0 Å². The van der Waals surface area contributed by atoms with E-state index in [0.717, 1.165) is 57.9 Å². The second kappa shape index (κ2) is 10.8. The van der Waals surface area contributed by atoms with E-state index >= 15 is 0 Å². The predicted molar refractivity (Wildman–Crippen MR) is 102 cm³/mol. The second-order valence-electron chi connectivity index (χ2n) is 5.93. The van der Waals surface area contributed by atoms with Crippen LogP contribution in [0.15, 0.2) is 17.6 Å². The Morgan fingerprint density at radius 3 is 2.74 bits per heavy atom. The lowest BCUT2D eigenvalue weighted by Gasteiger charge is -2.21. The van der Waals surface area contributed by atoms with Crippen molar-refractivity contribution in [1.29, 1.82) is 0 Å². The van der Waals surface area contributed by atoms with E-state index in [1.54, 1.807) is 12.7 Å². The Hall–Kier alpha value is -0.900. The van der Waals surface area contributed by atoms with Gasteiger partial charge < -0.3 is 19.9 Å². The third-order valence-electron chi connectivity index (χ3n) is 3.82. The number of nitrogens with one attached hydrogen (secondary N) is 2. The van der Waals surface area contributed by atoms with Crippen molar-refractivity contribution in [3.8, 4) is 0 Å². The van der Waals surface area contributed by atoms with Crippen molar-refractivity contribution in [2.75, 3.05) is 26.2 Å². The molecule has 1 aromatic rings. The average Bonchev–Trinajstić information content (AvgIpc) is 3.16. The fourth-order valence-corrected chi connectivity index (χ4v) is 2.51. The number of hydrogen-bond acceptors (Lipinski definition) is 4. The molecule has 0 amide bonds. The molecule has 1 saturated heterocycles. The molecular weight excluding hydrogens is 407 g/mol. The van der Waals surface area contributed by atoms with E-state index in [2.05, 4.69) is 39.7 Å². The summed E-state index contributed by atoms with van der Waals surface area (Å²) in [5.74, 6) is 0.878. The number of ether oxygens (including phenoxy) is 1. The smallest absolute Gasteiger partial charge is 0.191 e. The minimum absolute atomic E-state index is 0. The van der Waals surface area contributed by atoms with Gasteiger partial charge in [0.1, 0.15) is 12.7 Å². The summed E-state index contributed by atoms with van der Waals surface area (Å²) in [7, 11) is 0. The highest BCUT2D eigenvalue weighted by molar-refractivity contribution is 14.0. The maximum atomic E-state index is 5.78. The number of rotatable bonds is 8. The first-order valence-corrected chi connectivity index (χ1v) is 8.20. The van der Waals surface area contributed by atoms with Gasteiger partial charge in [-0.1, -0.05) is 0 Å². The van der Waals surface area contributed by atoms with Crippen LogP contribution in [0, 0.1) is 0 Å². The maximum absolute atomic E-state index is 5.78. The van der Waals surface area contributed by atoms with Gasteiger partial charge in [-0.25, -0.2) is 0 Å². The minimum atomic E-state index is -0.0865. The molecule has 0 aromatic carbocycles. The molecule has 0 aliphatic carbocycles. The normalized spacial score (nSPS) is 21.0. The monoisotopic (exact) mass is 436 g/mol. The molecule has 1 aliphatic heterocycles. The van der Waals surface area contributed by atoms with Crippen LogP contribution in [0.2, 0.25) is 0 Å². The molecule has 23 heavy (non-hydrogen) atoms. The maximum Gasteiger partial charge on any atom is 0.191 e. The fraction of sp³-hybridized carbons (Fsp3) is 0.800. The first-order valence-electron chi connectivity index (χ1n) is 8.20. The topological polar surface area (TPSA) is 76.4 Å². The van der Waals surface area contributed by atoms with Crippen molar-refractivity contribution in [2.45, 2.75) is 51.7 Å². The van der Waals surface area contributed by atoms with Crippen molar-refractivity contribution < 1.29 is 4.74 Å². The van der Waals surface area contributed by atoms with Gasteiger partial charge in [-0.15, -0.1) is 34.2 Å². The first-order chi connectivity index (χ1) is 10.7. The van der Waals surface area contributed by atoms with Crippen LogP contribution in [0.1, 0.15) is 39.5 Å². The highest BCUT2D eigenvalue weighted by Gasteiger charge is 2.29. The molecule has 132 valence electrons. The van der Waals surface area contributed by atoms with Crippen LogP contribution < -0.4 is 10.6 Å². The minimum Gasteiger partial charge on any atom is -0.373 e. The highest BCUT2D eigenvalue weighted by Crippen LogP contribution is 2.24. The molecule has 1 fully saturated rings. The SMILES string of the molecule is CCNC(=NCC1(C)CCCO1)NCCCCn1cnnc1.I. The van der Waals surface area contributed by atoms with Gasteiger partial charge >= 0.3 is 0 Å². The third kappa shape index (κ3) is 7.47. The molecule has 2 N–H and O–H groups in total. The Balaban J connectivity index is 0.00000264. The molecule has 1 atom stereocenters. The van der Waals surface area contributed by atoms with Gasteiger partial charge in [-0.05, 0) is 39.5 Å². The Kier molecular flexibility index (Phi) is 9.46. The van der Waals surface area contributed by atoms with Crippen LogP contribution >= 0.6 is 24.0 Å². The molecule has 1 unspecified atom stereocenters. The molecule has 2 rings (SSSR count). The van der Waals surface area contributed by atoms with Gasteiger partial charge in [0.2, 0.25) is 0 Å². The van der Waals surface area contributed by atoms with Crippen molar-refractivity contribution in [3.63, 3.8) is 0 Å². The molecule has 8 heteroatoms. The van der Waals surface area contributed by atoms with E-state index in [1.807, 2.05) is 4.57 Å². The van der Waals surface area contributed by atoms with Crippen LogP contribution in [0.25, 0.3) is 0 Å². The van der Waals surface area contributed by atoms with Crippen LogP contribution in [0.5, 0.6) is 0 Å². The quantitative estimate of drug-likeness (QED) is 0.281. The summed E-state index contributed by atoms with van der Waals surface area (Å²) >= 11 is 0. The lowest BCUT2D eigenvalue weighted by Crippen LogP contribution is -2.39. The predicted octanol–water partition coefficient (Wildman–Crippen LogP) is 1.80. The summed E-state index contributed by atoms with van der Waals surface area (Å²) in [5, 5.41) is 14.3. The van der Waals surface area contributed by atoms with Gasteiger partial charge in [0.15, 0.2) is 5.96 Å². The summed E-state index contributed by atoms with van der Waals surface area (Å²) < 4.78 is 7.77. The first kappa shape index (κ1) is 20.1. The summed E-state index contributed by atoms with van der Waals surface area (Å²) in [6.07, 6.45) is 7.90. The number of unbranched alkanes of at least 4 members (excludes halogenated alkanes) is 1. The molecule has 0 bridgehead atoms. The van der Waals surface area contributed by atoms with Crippen LogP contribution in [0.4, 0.5) is 0 Å². The Morgan fingerprint density at radius 1 is 1.30 bits per heavy atom. The fourth-order valence-electron chi connectivity index (χ4n) is 2.51. The van der Waals surface area contributed by atoms with E-state index in [0.29, 0.717) is 6.54 Å². The molecule has 1 aromatic heterocycles. The van der Waals surface area contributed by atoms with Gasteiger partial charge in [0.25, 0.3) is 0 Å². The highest BCUT2D eigenvalue weighted by atomic mass is 127. The largest absolute Gasteiger partial charge is 0.373 e. The number of guanidine groups is 1. The Labute approximate surface area is 155 Å². The number of halogens is 1. The third-order valence-corrected chi connectivity index (χ3v) is 3.82. The molecule has 1 aliphatic rings. The van der Waals surface area contributed by atoms with Gasteiger partial charge in [0, 0.05) is 26.2 Å². The van der Waals surface area contributed by atoms with Crippen molar-refractivity contribution in [1.82, 2.24) is 25.4 Å². The number of aryl methyl sites for hydroxylation is 1. The van der Waals surface area contributed by atoms with Crippen molar-refractivity contribution in [2.24, 2.45) is 4.99 Å². The Bertz CT molecular complexity index is 445. The molecule has 2 heterocycles. The van der Waals surface area contributed by atoms with E-state index in [-0.39, 0.29) is 29.6 Å². The molecule has 0 spiro atoms. The van der Waals surface area contributed by atoms with Crippen molar-refractivity contribution in [3.05, 3.63) is 12.7 Å². The standard InChI is InChI=1S/C15H28N6O.HI/c1-3-16-14(18-11-15(2)7-6-10-22-15)17-8-4-5-9-21-12-19-20-13-21;/h12-13H,3-11H2,1-2H3,(H2,16,17,18);1H. The molecular formula is C15H29IN6O. The summed E-state index contributed by atoms with van der Waals surface area (Å²) in [6, 6.07) is 0. The van der Waals surface area contributed by atoms with E-state index in [9.17, 15) is 0 Å². The molecule has 0 saturated carbocycles. The zero-order chi connectivity index (χ0) is 15.7. The Morgan fingerprint density at radius 2 is 2.09 bits per heavy atom. The lowest BCUT2D eigenvalue weighted by molar-refractivity contribution is 0.0283. The van der Waals surface area contributed by atoms with Gasteiger partial charge in [-0.2, -0.15) is 0 Å². The van der Waals surface area contributed by atoms with Crippen molar-refractivity contribution >= 4 is 29.9 Å². The number of aliphatic imine (C=N–C) groups is 1. The summed E-state index contributed by atoms with van der Waals surface area (Å²) in [5.41, 5.74) is -0.0865. The summed E-state index contributed by atoms with van der Waals surface area (Å²) in [6.45, 7) is 8.52. The second-order valence-corrected chi connectivity index (χ2v) is 5.93. The lowest BCUT2D eigenvalue weighted by atomic mass is 10.0. The average molecular weight is 436 g/mol. The van der Waals surface area contributed by atoms with Gasteiger partial charge in [-0.3, -0.25) is 4.99 Å². The van der Waals surface area contributed by atoms with Gasteiger partial charge in [0.05, 0.1) is 12.1 Å². The number of hydrogen-bond donors (Lipinski definition) is 2. The van der Waals surface area contributed by atoms with Crippen LogP contribution in [-0.2, 0) is 11.3 Å². The molecule has 7 nitrogen and oxygen atoms in total. The molecule has 0 radical (unpaired) electrons. The number of aromatic nitrogens is 3. The zero-order valence-electron chi connectivity index (χ0n) is 14.1. The summed E-state index contributed by atoms with van der Waals surface area (Å²) in [4.78, 5) is 4.66.